The van der Waals surface area contributed by atoms with E-state index in [1.165, 1.54) is 12.1 Å². The number of carbonyl (C=O) groups is 1. The summed E-state index contributed by atoms with van der Waals surface area (Å²) in [4.78, 5) is 12.5. The van der Waals surface area contributed by atoms with Crippen molar-refractivity contribution in [3.63, 3.8) is 0 Å². The summed E-state index contributed by atoms with van der Waals surface area (Å²) in [5.41, 5.74) is 1.40. The molecule has 1 aromatic carbocycles. The zero-order valence-electron chi connectivity index (χ0n) is 13.9. The first-order valence-corrected chi connectivity index (χ1v) is 8.08. The highest BCUT2D eigenvalue weighted by atomic mass is 19.1. The second-order valence-corrected chi connectivity index (χ2v) is 5.85. The number of furan rings is 1. The molecule has 1 N–H and O–H groups in total. The van der Waals surface area contributed by atoms with Gasteiger partial charge < -0.3 is 9.73 Å². The van der Waals surface area contributed by atoms with Crippen molar-refractivity contribution < 1.29 is 13.6 Å². The molecule has 0 saturated carbocycles. The van der Waals surface area contributed by atoms with Gasteiger partial charge in [-0.25, -0.2) is 4.39 Å². The Morgan fingerprint density at radius 2 is 1.92 bits per heavy atom. The highest BCUT2D eigenvalue weighted by Crippen LogP contribution is 2.23. The Morgan fingerprint density at radius 3 is 2.73 bits per heavy atom. The van der Waals surface area contributed by atoms with E-state index in [1.807, 2.05) is 35.7 Å². The lowest BCUT2D eigenvalue weighted by atomic mass is 10.2. The number of pyridine rings is 1. The summed E-state index contributed by atoms with van der Waals surface area (Å²) in [5.74, 6) is 0.603. The molecule has 0 aliphatic heterocycles. The molecule has 26 heavy (non-hydrogen) atoms. The first-order valence-electron chi connectivity index (χ1n) is 8.08. The van der Waals surface area contributed by atoms with Crippen LogP contribution >= 0.6 is 0 Å². The summed E-state index contributed by atoms with van der Waals surface area (Å²) < 4.78 is 20.4. The van der Waals surface area contributed by atoms with Gasteiger partial charge in [0.1, 0.15) is 11.6 Å². The number of halogens is 1. The zero-order chi connectivity index (χ0) is 18.1. The van der Waals surface area contributed by atoms with Crippen molar-refractivity contribution in [2.75, 3.05) is 0 Å². The number of nitrogens with zero attached hydrogens (tertiary/aromatic N) is 3. The summed E-state index contributed by atoms with van der Waals surface area (Å²) in [6.07, 6.45) is 1.84. The summed E-state index contributed by atoms with van der Waals surface area (Å²) in [7, 11) is 0. The fourth-order valence-electron chi connectivity index (χ4n) is 2.72. The van der Waals surface area contributed by atoms with Crippen molar-refractivity contribution in [3.05, 3.63) is 78.2 Å². The maximum absolute atomic E-state index is 13.0. The lowest BCUT2D eigenvalue weighted by Gasteiger charge is -2.11. The van der Waals surface area contributed by atoms with Crippen molar-refractivity contribution in [2.24, 2.45) is 0 Å². The van der Waals surface area contributed by atoms with E-state index >= 15 is 0 Å². The predicted molar refractivity (Wildman–Crippen MR) is 93.0 cm³/mol. The van der Waals surface area contributed by atoms with Gasteiger partial charge >= 0.3 is 0 Å². The molecule has 3 aromatic heterocycles. The molecule has 0 aliphatic rings. The van der Waals surface area contributed by atoms with Gasteiger partial charge in [0.25, 0.3) is 5.91 Å². The number of carbonyl (C=O) groups excluding carboxylic acids is 1. The molecule has 7 heteroatoms. The lowest BCUT2D eigenvalue weighted by molar-refractivity contribution is 0.0911. The zero-order valence-corrected chi connectivity index (χ0v) is 13.9. The first-order chi connectivity index (χ1) is 12.6. The minimum Gasteiger partial charge on any atom is -0.451 e. The van der Waals surface area contributed by atoms with E-state index in [0.717, 1.165) is 0 Å². The minimum absolute atomic E-state index is 0.171. The fraction of sp³-hybridized carbons (Fsp3) is 0.105. The van der Waals surface area contributed by atoms with Crippen molar-refractivity contribution in [2.45, 2.75) is 13.0 Å². The summed E-state index contributed by atoms with van der Waals surface area (Å²) in [5, 5.41) is 11.1. The van der Waals surface area contributed by atoms with Crippen LogP contribution in [0.3, 0.4) is 0 Å². The molecule has 0 unspecified atom stereocenters. The van der Waals surface area contributed by atoms with Gasteiger partial charge in [0.2, 0.25) is 0 Å². The third kappa shape index (κ3) is 2.95. The number of hydrogen-bond acceptors (Lipinski definition) is 4. The molecule has 1 atom stereocenters. The van der Waals surface area contributed by atoms with Crippen LogP contribution in [-0.2, 0) is 0 Å². The highest BCUT2D eigenvalue weighted by molar-refractivity contribution is 5.92. The van der Waals surface area contributed by atoms with Gasteiger partial charge in [0.05, 0.1) is 6.04 Å². The molecular formula is C19H15FN4O2. The smallest absolute Gasteiger partial charge is 0.287 e. The van der Waals surface area contributed by atoms with Gasteiger partial charge in [-0.15, -0.1) is 10.2 Å². The van der Waals surface area contributed by atoms with Crippen LogP contribution in [0.2, 0.25) is 0 Å². The standard InChI is InChI=1S/C19H15FN4O2/c1-12(18-23-22-17-4-2-3-11-24(17)18)21-19(25)16-10-9-15(26-16)13-5-7-14(20)8-6-13/h2-12H,1H3,(H,21,25)/t12-/m1/s1. The van der Waals surface area contributed by atoms with Gasteiger partial charge in [-0.1, -0.05) is 6.07 Å². The second-order valence-electron chi connectivity index (χ2n) is 5.85. The van der Waals surface area contributed by atoms with E-state index in [2.05, 4.69) is 15.5 Å². The van der Waals surface area contributed by atoms with E-state index in [1.54, 1.807) is 24.3 Å². The molecule has 0 saturated heterocycles. The summed E-state index contributed by atoms with van der Waals surface area (Å²) >= 11 is 0. The van der Waals surface area contributed by atoms with Crippen molar-refractivity contribution in [3.8, 4) is 11.3 Å². The lowest BCUT2D eigenvalue weighted by Crippen LogP contribution is -2.27. The number of aromatic nitrogens is 3. The van der Waals surface area contributed by atoms with Crippen LogP contribution < -0.4 is 5.32 Å². The summed E-state index contributed by atoms with van der Waals surface area (Å²) in [6, 6.07) is 14.4. The van der Waals surface area contributed by atoms with Crippen LogP contribution in [0.1, 0.15) is 29.3 Å². The van der Waals surface area contributed by atoms with Crippen molar-refractivity contribution in [1.29, 1.82) is 0 Å². The monoisotopic (exact) mass is 350 g/mol. The quantitative estimate of drug-likeness (QED) is 0.610. The Bertz CT molecular complexity index is 1070. The fourth-order valence-corrected chi connectivity index (χ4v) is 2.72. The van der Waals surface area contributed by atoms with Gasteiger partial charge in [0, 0.05) is 11.8 Å². The van der Waals surface area contributed by atoms with E-state index < -0.39 is 0 Å². The van der Waals surface area contributed by atoms with E-state index in [9.17, 15) is 9.18 Å². The van der Waals surface area contributed by atoms with Gasteiger partial charge in [-0.2, -0.15) is 0 Å². The molecule has 1 amide bonds. The molecule has 3 heterocycles. The normalized spacial score (nSPS) is 12.2. The van der Waals surface area contributed by atoms with Crippen LogP contribution in [0, 0.1) is 5.82 Å². The number of rotatable bonds is 4. The molecule has 0 radical (unpaired) electrons. The number of nitrogens with one attached hydrogen (secondary N) is 1. The third-order valence-electron chi connectivity index (χ3n) is 4.03. The van der Waals surface area contributed by atoms with Crippen LogP contribution in [0.25, 0.3) is 17.0 Å². The van der Waals surface area contributed by atoms with Gasteiger partial charge in [0.15, 0.2) is 17.2 Å². The SMILES string of the molecule is C[C@@H](NC(=O)c1ccc(-c2ccc(F)cc2)o1)c1nnc2ccccn12. The minimum atomic E-state index is -0.362. The Morgan fingerprint density at radius 1 is 1.12 bits per heavy atom. The summed E-state index contributed by atoms with van der Waals surface area (Å²) in [6.45, 7) is 1.82. The number of hydrogen-bond donors (Lipinski definition) is 1. The molecule has 4 rings (SSSR count). The average Bonchev–Trinajstić information content (AvgIpc) is 3.30. The highest BCUT2D eigenvalue weighted by Gasteiger charge is 2.19. The number of amides is 1. The molecule has 0 spiro atoms. The number of benzene rings is 1. The maximum atomic E-state index is 13.0. The Labute approximate surface area is 148 Å². The second kappa shape index (κ2) is 6.44. The van der Waals surface area contributed by atoms with Crippen LogP contribution in [0.15, 0.2) is 65.2 Å². The molecule has 0 fully saturated rings. The Balaban J connectivity index is 1.52. The molecule has 4 aromatic rings. The van der Waals surface area contributed by atoms with E-state index in [4.69, 9.17) is 4.42 Å². The molecule has 6 nitrogen and oxygen atoms in total. The largest absolute Gasteiger partial charge is 0.451 e. The van der Waals surface area contributed by atoms with E-state index in [-0.39, 0.29) is 23.5 Å². The average molecular weight is 350 g/mol. The first kappa shape index (κ1) is 16.0. The van der Waals surface area contributed by atoms with Crippen LogP contribution in [0.4, 0.5) is 4.39 Å². The van der Waals surface area contributed by atoms with Crippen LogP contribution in [-0.4, -0.2) is 20.5 Å². The molecule has 0 aliphatic carbocycles. The van der Waals surface area contributed by atoms with Crippen LogP contribution in [0.5, 0.6) is 0 Å². The molecular weight excluding hydrogens is 335 g/mol. The Hall–Kier alpha value is -3.48. The molecule has 0 bridgehead atoms. The van der Waals surface area contributed by atoms with Crippen molar-refractivity contribution in [1.82, 2.24) is 19.9 Å². The van der Waals surface area contributed by atoms with E-state index in [0.29, 0.717) is 22.8 Å². The number of fused-ring (bicyclic) bond motifs is 1. The topological polar surface area (TPSA) is 72.4 Å². The predicted octanol–water partition coefficient (Wildman–Crippen LogP) is 3.62. The molecule has 130 valence electrons. The van der Waals surface area contributed by atoms with Gasteiger partial charge in [-0.05, 0) is 55.5 Å². The maximum Gasteiger partial charge on any atom is 0.287 e. The van der Waals surface area contributed by atoms with Gasteiger partial charge in [-0.3, -0.25) is 9.20 Å². The van der Waals surface area contributed by atoms with Crippen molar-refractivity contribution >= 4 is 11.6 Å². The third-order valence-corrected chi connectivity index (χ3v) is 4.03. The Kier molecular flexibility index (Phi) is 3.96.